The lowest BCUT2D eigenvalue weighted by Crippen LogP contribution is -2.52. The Morgan fingerprint density at radius 2 is 1.85 bits per heavy atom. The lowest BCUT2D eigenvalue weighted by molar-refractivity contribution is -0.0885. The van der Waals surface area contributed by atoms with Gasteiger partial charge < -0.3 is 35.8 Å². The van der Waals surface area contributed by atoms with Crippen LogP contribution in [-0.2, 0) is 4.74 Å². The van der Waals surface area contributed by atoms with E-state index in [1.165, 1.54) is 0 Å². The molecule has 1 aliphatic rings. The molecule has 0 aliphatic carbocycles. The van der Waals surface area contributed by atoms with E-state index in [9.17, 15) is 23.5 Å². The largest absolute Gasteiger partial charge is 0.497 e. The quantitative estimate of drug-likeness (QED) is 0.399. The number of carbonyl (C=O) groups is 2. The molecule has 0 bridgehead atoms. The van der Waals surface area contributed by atoms with Crippen molar-refractivity contribution >= 4 is 23.4 Å². The van der Waals surface area contributed by atoms with E-state index in [1.54, 1.807) is 31.4 Å². The highest BCUT2D eigenvalue weighted by atomic mass is 19.1. The van der Waals surface area contributed by atoms with E-state index in [4.69, 9.17) is 9.47 Å². The maximum atomic E-state index is 13.6. The van der Waals surface area contributed by atoms with Crippen LogP contribution in [0.2, 0.25) is 0 Å². The molecule has 5 N–H and O–H groups in total. The number of aliphatic hydroxyl groups excluding tert-OH is 1. The molecular weight excluding hydrogens is 450 g/mol. The number of hydrogen-bond donors (Lipinski definition) is 5. The molecule has 0 radical (unpaired) electrons. The molecule has 4 amide bonds. The van der Waals surface area contributed by atoms with Gasteiger partial charge in [-0.05, 0) is 55.7 Å². The van der Waals surface area contributed by atoms with Crippen molar-refractivity contribution in [2.24, 2.45) is 0 Å². The van der Waals surface area contributed by atoms with Crippen molar-refractivity contribution in [1.29, 1.82) is 0 Å². The van der Waals surface area contributed by atoms with Gasteiger partial charge in [-0.1, -0.05) is 0 Å². The fourth-order valence-electron chi connectivity index (χ4n) is 3.63. The summed E-state index contributed by atoms with van der Waals surface area (Å²) in [6.07, 6.45) is 0.778. The number of urea groups is 2. The first-order valence-corrected chi connectivity index (χ1v) is 10.9. The Kier molecular flexibility index (Phi) is 9.00. The SMILES string of the molecule is COc1ccc(NC(=O)N[C@H]2CC[C@@H](CCNC(=O)Nc3cc(F)ccc3F)O[C@H]2CO)cc1. The molecule has 1 fully saturated rings. The highest BCUT2D eigenvalue weighted by Gasteiger charge is 2.31. The van der Waals surface area contributed by atoms with Crippen molar-refractivity contribution in [3.63, 3.8) is 0 Å². The summed E-state index contributed by atoms with van der Waals surface area (Å²) < 4.78 is 37.8. The molecular formula is C23H28F2N4O5. The van der Waals surface area contributed by atoms with Gasteiger partial charge >= 0.3 is 12.1 Å². The Morgan fingerprint density at radius 1 is 1.09 bits per heavy atom. The topological polar surface area (TPSA) is 121 Å². The first-order valence-electron chi connectivity index (χ1n) is 10.9. The average Bonchev–Trinajstić information content (AvgIpc) is 2.82. The van der Waals surface area contributed by atoms with Gasteiger partial charge in [0.15, 0.2) is 0 Å². The molecule has 3 rings (SSSR count). The Morgan fingerprint density at radius 3 is 2.56 bits per heavy atom. The first kappa shape index (κ1) is 25.2. The van der Waals surface area contributed by atoms with Crippen molar-refractivity contribution in [2.75, 3.05) is 30.9 Å². The number of methoxy groups -OCH3 is 1. The zero-order valence-corrected chi connectivity index (χ0v) is 18.6. The van der Waals surface area contributed by atoms with Gasteiger partial charge in [-0.3, -0.25) is 0 Å². The maximum Gasteiger partial charge on any atom is 0.319 e. The molecule has 2 aromatic carbocycles. The van der Waals surface area contributed by atoms with Crippen LogP contribution in [0.1, 0.15) is 19.3 Å². The minimum Gasteiger partial charge on any atom is -0.497 e. The number of rotatable bonds is 8. The van der Waals surface area contributed by atoms with E-state index in [2.05, 4.69) is 21.3 Å². The average molecular weight is 478 g/mol. The molecule has 1 saturated heterocycles. The zero-order chi connectivity index (χ0) is 24.5. The minimum atomic E-state index is -0.743. The molecule has 3 atom stereocenters. The van der Waals surface area contributed by atoms with Crippen molar-refractivity contribution in [3.8, 4) is 5.75 Å². The second kappa shape index (κ2) is 12.1. The van der Waals surface area contributed by atoms with Crippen LogP contribution in [0.3, 0.4) is 0 Å². The Labute approximate surface area is 195 Å². The molecule has 0 unspecified atom stereocenters. The monoisotopic (exact) mass is 478 g/mol. The number of anilines is 2. The van der Waals surface area contributed by atoms with Gasteiger partial charge in [0.25, 0.3) is 0 Å². The van der Waals surface area contributed by atoms with Gasteiger partial charge in [0, 0.05) is 18.3 Å². The van der Waals surface area contributed by atoms with Crippen LogP contribution in [0, 0.1) is 11.6 Å². The van der Waals surface area contributed by atoms with Crippen molar-refractivity contribution < 1.29 is 33.0 Å². The van der Waals surface area contributed by atoms with Gasteiger partial charge in [-0.2, -0.15) is 0 Å². The van der Waals surface area contributed by atoms with Crippen molar-refractivity contribution in [1.82, 2.24) is 10.6 Å². The summed E-state index contributed by atoms with van der Waals surface area (Å²) in [5, 5.41) is 20.1. The molecule has 2 aromatic rings. The van der Waals surface area contributed by atoms with Crippen molar-refractivity contribution in [2.45, 2.75) is 37.5 Å². The number of carbonyl (C=O) groups excluding carboxylic acids is 2. The number of hydrogen-bond acceptors (Lipinski definition) is 5. The Hall–Kier alpha value is -3.44. The summed E-state index contributed by atoms with van der Waals surface area (Å²) >= 11 is 0. The molecule has 34 heavy (non-hydrogen) atoms. The third kappa shape index (κ3) is 7.29. The smallest absolute Gasteiger partial charge is 0.319 e. The zero-order valence-electron chi connectivity index (χ0n) is 18.6. The van der Waals surface area contributed by atoms with E-state index in [0.29, 0.717) is 30.7 Å². The fraction of sp³-hybridized carbons (Fsp3) is 0.391. The summed E-state index contributed by atoms with van der Waals surface area (Å²) in [5.41, 5.74) is 0.338. The van der Waals surface area contributed by atoms with Crippen LogP contribution in [0.5, 0.6) is 5.75 Å². The summed E-state index contributed by atoms with van der Waals surface area (Å²) in [4.78, 5) is 24.3. The number of amides is 4. The third-order valence-electron chi connectivity index (χ3n) is 5.39. The molecule has 184 valence electrons. The van der Waals surface area contributed by atoms with Gasteiger partial charge in [0.1, 0.15) is 23.5 Å². The third-order valence-corrected chi connectivity index (χ3v) is 5.39. The second-order valence-corrected chi connectivity index (χ2v) is 7.78. The molecule has 0 aromatic heterocycles. The van der Waals surface area contributed by atoms with Gasteiger partial charge in [-0.15, -0.1) is 0 Å². The first-order chi connectivity index (χ1) is 16.4. The molecule has 1 heterocycles. The molecule has 0 saturated carbocycles. The number of halogens is 2. The highest BCUT2D eigenvalue weighted by molar-refractivity contribution is 5.90. The summed E-state index contributed by atoms with van der Waals surface area (Å²) in [6.45, 7) is -0.0572. The predicted octanol–water partition coefficient (Wildman–Crippen LogP) is 3.22. The van der Waals surface area contributed by atoms with Crippen molar-refractivity contribution in [3.05, 3.63) is 54.1 Å². The molecule has 9 nitrogen and oxygen atoms in total. The van der Waals surface area contributed by atoms with Crippen LogP contribution in [0.15, 0.2) is 42.5 Å². The molecule has 1 aliphatic heterocycles. The van der Waals surface area contributed by atoms with Crippen LogP contribution >= 0.6 is 0 Å². The van der Waals surface area contributed by atoms with Gasteiger partial charge in [0.2, 0.25) is 0 Å². The lowest BCUT2D eigenvalue weighted by Gasteiger charge is -2.36. The Balaban J connectivity index is 1.40. The number of ether oxygens (including phenoxy) is 2. The van der Waals surface area contributed by atoms with Crippen LogP contribution in [0.25, 0.3) is 0 Å². The molecule has 0 spiro atoms. The van der Waals surface area contributed by atoms with Crippen LogP contribution in [0.4, 0.5) is 29.7 Å². The van der Waals surface area contributed by atoms with Gasteiger partial charge in [0.05, 0.1) is 31.5 Å². The standard InChI is InChI=1S/C23H28F2N4O5/c1-33-16-5-3-15(4-6-16)27-23(32)28-19-9-7-17(34-21(19)13-30)10-11-26-22(31)29-20-12-14(24)2-8-18(20)25/h2-6,8,12,17,19,21,30H,7,9-11,13H2,1H3,(H2,26,29,31)(H2,27,28,32)/t17-,19-,21-/m0/s1. The fourth-order valence-corrected chi connectivity index (χ4v) is 3.63. The van der Waals surface area contributed by atoms with Gasteiger partial charge in [-0.25, -0.2) is 18.4 Å². The highest BCUT2D eigenvalue weighted by Crippen LogP contribution is 2.22. The number of nitrogens with one attached hydrogen (secondary N) is 4. The lowest BCUT2D eigenvalue weighted by atomic mass is 9.97. The van der Waals surface area contributed by atoms with E-state index < -0.39 is 29.8 Å². The Bertz CT molecular complexity index is 976. The van der Waals surface area contributed by atoms with E-state index in [1.807, 2.05) is 0 Å². The molecule has 11 heteroatoms. The number of benzene rings is 2. The summed E-state index contributed by atoms with van der Waals surface area (Å²) in [7, 11) is 1.56. The van der Waals surface area contributed by atoms with E-state index in [-0.39, 0.29) is 31.0 Å². The minimum absolute atomic E-state index is 0.224. The van der Waals surface area contributed by atoms with Crippen LogP contribution < -0.4 is 26.0 Å². The maximum absolute atomic E-state index is 13.6. The second-order valence-electron chi connectivity index (χ2n) is 7.78. The van der Waals surface area contributed by atoms with E-state index >= 15 is 0 Å². The predicted molar refractivity (Wildman–Crippen MR) is 122 cm³/mol. The van der Waals surface area contributed by atoms with E-state index in [0.717, 1.165) is 18.2 Å². The summed E-state index contributed by atoms with van der Waals surface area (Å²) in [6, 6.07) is 8.18. The summed E-state index contributed by atoms with van der Waals surface area (Å²) in [5.74, 6) is -0.734. The van der Waals surface area contributed by atoms with Crippen LogP contribution in [-0.4, -0.2) is 55.7 Å². The normalized spacial score (nSPS) is 19.7. The number of aliphatic hydroxyl groups is 1.